The molecule has 0 saturated carbocycles. The molecule has 2 aromatic carbocycles. The highest BCUT2D eigenvalue weighted by molar-refractivity contribution is 8.13. The number of methoxy groups -OCH3 is 2. The van der Waals surface area contributed by atoms with Gasteiger partial charge in [0.1, 0.15) is 0 Å². The Hall–Kier alpha value is -2.14. The van der Waals surface area contributed by atoms with Gasteiger partial charge in [0, 0.05) is 5.75 Å². The van der Waals surface area contributed by atoms with Gasteiger partial charge in [-0.05, 0) is 60.2 Å². The minimum absolute atomic E-state index is 0.551. The van der Waals surface area contributed by atoms with Gasteiger partial charge in [0.2, 0.25) is 0 Å². The first kappa shape index (κ1) is 20.2. The van der Waals surface area contributed by atoms with E-state index in [-0.39, 0.29) is 0 Å². The van der Waals surface area contributed by atoms with Crippen molar-refractivity contribution in [3.8, 4) is 11.5 Å². The molecule has 0 aliphatic rings. The van der Waals surface area contributed by atoms with Crippen LogP contribution in [0.4, 0.5) is 5.69 Å². The van der Waals surface area contributed by atoms with Crippen molar-refractivity contribution in [2.75, 3.05) is 14.2 Å². The molecule has 4 nitrogen and oxygen atoms in total. The van der Waals surface area contributed by atoms with Gasteiger partial charge < -0.3 is 15.2 Å². The molecule has 26 heavy (non-hydrogen) atoms. The third-order valence-corrected chi connectivity index (χ3v) is 5.37. The molecular formula is C21H28N2O2S. The maximum Gasteiger partial charge on any atom is 0.161 e. The summed E-state index contributed by atoms with van der Waals surface area (Å²) >= 11 is 1.52. The first-order valence-corrected chi connectivity index (χ1v) is 9.75. The highest BCUT2D eigenvalue weighted by atomic mass is 32.2. The molecule has 0 aromatic heterocycles. The minimum atomic E-state index is 0.551. The zero-order valence-electron chi connectivity index (χ0n) is 16.2. The van der Waals surface area contributed by atoms with Gasteiger partial charge in [0.25, 0.3) is 0 Å². The fourth-order valence-electron chi connectivity index (χ4n) is 2.60. The molecule has 0 fully saturated rings. The molecule has 0 heterocycles. The SMILES string of the molecule is CC[C@@H](C)c1ccc(N=C(N)SCc2cc(OC)c(OC)cc2C)cc1. The lowest BCUT2D eigenvalue weighted by atomic mass is 9.99. The lowest BCUT2D eigenvalue weighted by molar-refractivity contribution is 0.354. The van der Waals surface area contributed by atoms with E-state index < -0.39 is 0 Å². The van der Waals surface area contributed by atoms with Crippen LogP contribution in [0.5, 0.6) is 11.5 Å². The van der Waals surface area contributed by atoms with Crippen molar-refractivity contribution < 1.29 is 9.47 Å². The van der Waals surface area contributed by atoms with Crippen molar-refractivity contribution >= 4 is 22.6 Å². The topological polar surface area (TPSA) is 56.8 Å². The minimum Gasteiger partial charge on any atom is -0.493 e. The number of benzene rings is 2. The highest BCUT2D eigenvalue weighted by Gasteiger charge is 2.09. The van der Waals surface area contributed by atoms with Gasteiger partial charge in [-0.2, -0.15) is 0 Å². The summed E-state index contributed by atoms with van der Waals surface area (Å²) in [5, 5.41) is 0.551. The Morgan fingerprint density at radius 3 is 2.31 bits per heavy atom. The Morgan fingerprint density at radius 2 is 1.73 bits per heavy atom. The first-order chi connectivity index (χ1) is 12.5. The van der Waals surface area contributed by atoms with Gasteiger partial charge in [-0.25, -0.2) is 4.99 Å². The van der Waals surface area contributed by atoms with Crippen LogP contribution in [0, 0.1) is 6.92 Å². The third kappa shape index (κ3) is 5.18. The molecule has 2 aromatic rings. The molecule has 0 amide bonds. The number of thioether (sulfide) groups is 1. The zero-order valence-corrected chi connectivity index (χ0v) is 17.0. The number of aliphatic imine (C=N–C) groups is 1. The standard InChI is InChI=1S/C21H28N2O2S/c1-6-14(2)16-7-9-18(10-8-16)23-21(22)26-13-17-12-20(25-5)19(24-4)11-15(17)3/h7-12,14H,6,13H2,1-5H3,(H2,22,23)/t14-/m1/s1. The summed E-state index contributed by atoms with van der Waals surface area (Å²) in [7, 11) is 3.28. The van der Waals surface area contributed by atoms with E-state index in [9.17, 15) is 0 Å². The molecule has 140 valence electrons. The lowest BCUT2D eigenvalue weighted by Crippen LogP contribution is -2.06. The van der Waals surface area contributed by atoms with Crippen molar-refractivity contribution in [3.63, 3.8) is 0 Å². The molecule has 0 aliphatic carbocycles. The number of nitrogens with two attached hydrogens (primary N) is 1. The second-order valence-electron chi connectivity index (χ2n) is 6.27. The summed E-state index contributed by atoms with van der Waals surface area (Å²) in [6, 6.07) is 12.3. The van der Waals surface area contributed by atoms with E-state index in [1.165, 1.54) is 17.3 Å². The maximum absolute atomic E-state index is 6.11. The second-order valence-corrected chi connectivity index (χ2v) is 7.27. The van der Waals surface area contributed by atoms with Crippen LogP contribution in [0.15, 0.2) is 41.4 Å². The average molecular weight is 373 g/mol. The van der Waals surface area contributed by atoms with Crippen LogP contribution < -0.4 is 15.2 Å². The molecule has 0 unspecified atom stereocenters. The largest absolute Gasteiger partial charge is 0.493 e. The summed E-state index contributed by atoms with van der Waals surface area (Å²) in [5.41, 5.74) is 10.6. The summed E-state index contributed by atoms with van der Waals surface area (Å²) in [6.45, 7) is 6.48. The van der Waals surface area contributed by atoms with Gasteiger partial charge in [-0.15, -0.1) is 0 Å². The van der Waals surface area contributed by atoms with Gasteiger partial charge in [-0.3, -0.25) is 0 Å². The van der Waals surface area contributed by atoms with Gasteiger partial charge in [0.05, 0.1) is 19.9 Å². The van der Waals surface area contributed by atoms with Crippen molar-refractivity contribution in [1.29, 1.82) is 0 Å². The number of hydrogen-bond acceptors (Lipinski definition) is 4. The van der Waals surface area contributed by atoms with E-state index in [2.05, 4.69) is 37.9 Å². The van der Waals surface area contributed by atoms with E-state index in [0.717, 1.165) is 40.5 Å². The van der Waals surface area contributed by atoms with Gasteiger partial charge >= 0.3 is 0 Å². The molecule has 0 spiro atoms. The predicted molar refractivity (Wildman–Crippen MR) is 112 cm³/mol. The van der Waals surface area contributed by atoms with E-state index in [1.807, 2.05) is 24.3 Å². The quantitative estimate of drug-likeness (QED) is 0.522. The van der Waals surface area contributed by atoms with Crippen molar-refractivity contribution in [3.05, 3.63) is 53.1 Å². The number of ether oxygens (including phenoxy) is 2. The fourth-order valence-corrected chi connectivity index (χ4v) is 3.39. The molecule has 5 heteroatoms. The molecule has 0 bridgehead atoms. The third-order valence-electron chi connectivity index (χ3n) is 4.53. The second kappa shape index (κ2) is 9.53. The van der Waals surface area contributed by atoms with Crippen molar-refractivity contribution in [1.82, 2.24) is 0 Å². The number of nitrogens with zero attached hydrogens (tertiary/aromatic N) is 1. The lowest BCUT2D eigenvalue weighted by Gasteiger charge is -2.12. The number of amidine groups is 1. The molecule has 0 saturated heterocycles. The van der Waals surface area contributed by atoms with E-state index in [0.29, 0.717) is 11.1 Å². The van der Waals surface area contributed by atoms with Crippen LogP contribution in [0.1, 0.15) is 42.9 Å². The van der Waals surface area contributed by atoms with Crippen LogP contribution >= 0.6 is 11.8 Å². The van der Waals surface area contributed by atoms with E-state index in [1.54, 1.807) is 14.2 Å². The van der Waals surface area contributed by atoms with Crippen LogP contribution in [0.3, 0.4) is 0 Å². The fraction of sp³-hybridized carbons (Fsp3) is 0.381. The van der Waals surface area contributed by atoms with E-state index in [4.69, 9.17) is 15.2 Å². The average Bonchev–Trinajstić information content (AvgIpc) is 2.66. The summed E-state index contributed by atoms with van der Waals surface area (Å²) < 4.78 is 10.7. The smallest absolute Gasteiger partial charge is 0.161 e. The molecule has 2 rings (SSSR count). The van der Waals surface area contributed by atoms with Crippen molar-refractivity contribution in [2.24, 2.45) is 10.7 Å². The molecule has 2 N–H and O–H groups in total. The Labute approximate surface area is 160 Å². The highest BCUT2D eigenvalue weighted by Crippen LogP contribution is 2.32. The molecule has 1 atom stereocenters. The summed E-state index contributed by atoms with van der Waals surface area (Å²) in [4.78, 5) is 4.51. The zero-order chi connectivity index (χ0) is 19.1. The summed E-state index contributed by atoms with van der Waals surface area (Å²) in [6.07, 6.45) is 1.13. The Morgan fingerprint density at radius 1 is 1.12 bits per heavy atom. The Balaban J connectivity index is 2.06. The Kier molecular flexibility index (Phi) is 7.39. The first-order valence-electron chi connectivity index (χ1n) is 8.76. The molecule has 0 radical (unpaired) electrons. The monoisotopic (exact) mass is 372 g/mol. The number of aryl methyl sites for hydroxylation is 1. The Bertz CT molecular complexity index is 757. The van der Waals surface area contributed by atoms with Crippen LogP contribution in [0.25, 0.3) is 0 Å². The maximum atomic E-state index is 6.11. The van der Waals surface area contributed by atoms with Crippen LogP contribution in [0.2, 0.25) is 0 Å². The van der Waals surface area contributed by atoms with E-state index >= 15 is 0 Å². The summed E-state index contributed by atoms with van der Waals surface area (Å²) in [5.74, 6) is 2.76. The predicted octanol–water partition coefficient (Wildman–Crippen LogP) is 5.41. The normalized spacial score (nSPS) is 12.7. The molecular weight excluding hydrogens is 344 g/mol. The van der Waals surface area contributed by atoms with Gasteiger partial charge in [-0.1, -0.05) is 37.7 Å². The van der Waals surface area contributed by atoms with Gasteiger partial charge in [0.15, 0.2) is 16.7 Å². The number of rotatable bonds is 7. The number of hydrogen-bond donors (Lipinski definition) is 1. The van der Waals surface area contributed by atoms with Crippen molar-refractivity contribution in [2.45, 2.75) is 38.9 Å². The van der Waals surface area contributed by atoms with Crippen LogP contribution in [-0.2, 0) is 5.75 Å². The van der Waals surface area contributed by atoms with Crippen LogP contribution in [-0.4, -0.2) is 19.4 Å². The molecule has 0 aliphatic heterocycles.